The molecule has 38 heavy (non-hydrogen) atoms. The van der Waals surface area contributed by atoms with E-state index >= 15 is 0 Å². The highest BCUT2D eigenvalue weighted by molar-refractivity contribution is 5.92. The van der Waals surface area contributed by atoms with Crippen LogP contribution in [0, 0.1) is 12.8 Å². The fourth-order valence-electron chi connectivity index (χ4n) is 5.21. The van der Waals surface area contributed by atoms with Crippen molar-refractivity contribution in [3.05, 3.63) is 73.4 Å². The first-order valence-corrected chi connectivity index (χ1v) is 12.7. The van der Waals surface area contributed by atoms with Crippen LogP contribution >= 0.6 is 0 Å². The fraction of sp³-hybridized carbons (Fsp3) is 0.214. The van der Waals surface area contributed by atoms with Crippen molar-refractivity contribution in [3.63, 3.8) is 0 Å². The van der Waals surface area contributed by atoms with Crippen LogP contribution in [-0.2, 0) is 0 Å². The lowest BCUT2D eigenvalue weighted by molar-refractivity contribution is 0.649. The number of nitrogens with zero attached hydrogens (tertiary/aromatic N) is 7. The molecule has 1 aliphatic carbocycles. The number of anilines is 1. The van der Waals surface area contributed by atoms with Crippen molar-refractivity contribution < 1.29 is 0 Å². The molecular formula is C28H26N10. The zero-order valence-electron chi connectivity index (χ0n) is 20.9. The summed E-state index contributed by atoms with van der Waals surface area (Å²) in [6, 6.07) is 7.94. The highest BCUT2D eigenvalue weighted by Crippen LogP contribution is 2.32. The van der Waals surface area contributed by atoms with Crippen LogP contribution < -0.4 is 5.32 Å². The predicted molar refractivity (Wildman–Crippen MR) is 147 cm³/mol. The van der Waals surface area contributed by atoms with Gasteiger partial charge < -0.3 is 14.9 Å². The Morgan fingerprint density at radius 2 is 2.00 bits per heavy atom. The van der Waals surface area contributed by atoms with E-state index in [4.69, 9.17) is 9.97 Å². The first kappa shape index (κ1) is 22.3. The first-order chi connectivity index (χ1) is 18.6. The second kappa shape index (κ2) is 8.91. The third-order valence-electron chi connectivity index (χ3n) is 7.18. The minimum absolute atomic E-state index is 0.526. The smallest absolute Gasteiger partial charge is 0.180 e. The summed E-state index contributed by atoms with van der Waals surface area (Å²) >= 11 is 0. The number of fused-ring (bicyclic) bond motifs is 2. The lowest BCUT2D eigenvalue weighted by Gasteiger charge is -2.15. The van der Waals surface area contributed by atoms with Crippen LogP contribution in [0.3, 0.4) is 0 Å². The van der Waals surface area contributed by atoms with Gasteiger partial charge in [0.05, 0.1) is 40.8 Å². The Morgan fingerprint density at radius 3 is 2.84 bits per heavy atom. The Labute approximate surface area is 218 Å². The predicted octanol–water partition coefficient (Wildman–Crippen LogP) is 5.57. The third kappa shape index (κ3) is 3.90. The molecule has 10 heteroatoms. The number of rotatable bonds is 6. The molecule has 6 aromatic rings. The standard InChI is InChI=1S/C28H26N10/c1-16-14-38(15-31-16)23-9-10-30-27-25(23)34-28(35-27)26-24-22(36-37-26)8-7-21(33-24)19-11-20(13-29-12-19)32-17(2)18-5-3-4-6-18/h7-15,18,32H,2-6H2,1H3,(H,36,37)(H,30,34,35). The van der Waals surface area contributed by atoms with Gasteiger partial charge in [-0.2, -0.15) is 5.10 Å². The normalized spacial score (nSPS) is 14.0. The zero-order valence-corrected chi connectivity index (χ0v) is 20.9. The second-order valence-electron chi connectivity index (χ2n) is 9.80. The molecule has 0 aliphatic heterocycles. The molecule has 0 unspecified atom stereocenters. The average molecular weight is 503 g/mol. The summed E-state index contributed by atoms with van der Waals surface area (Å²) < 4.78 is 1.95. The number of hydrogen-bond acceptors (Lipinski definition) is 7. The number of aromatic nitrogens is 9. The molecule has 1 fully saturated rings. The maximum atomic E-state index is 4.95. The Morgan fingerprint density at radius 1 is 1.11 bits per heavy atom. The van der Waals surface area contributed by atoms with E-state index in [0.717, 1.165) is 50.6 Å². The van der Waals surface area contributed by atoms with Gasteiger partial charge in [-0.1, -0.05) is 19.4 Å². The van der Waals surface area contributed by atoms with Gasteiger partial charge in [0.1, 0.15) is 11.0 Å². The number of aryl methyl sites for hydroxylation is 1. The van der Waals surface area contributed by atoms with E-state index in [0.29, 0.717) is 23.1 Å². The number of pyridine rings is 3. The topological polar surface area (TPSA) is 126 Å². The average Bonchev–Trinajstić information content (AvgIpc) is 3.74. The first-order valence-electron chi connectivity index (χ1n) is 12.7. The maximum absolute atomic E-state index is 4.95. The maximum Gasteiger partial charge on any atom is 0.180 e. The van der Waals surface area contributed by atoms with Crippen LogP contribution in [0.5, 0.6) is 0 Å². The number of hydrogen-bond donors (Lipinski definition) is 3. The summed E-state index contributed by atoms with van der Waals surface area (Å²) in [5, 5.41) is 11.1. The summed E-state index contributed by atoms with van der Waals surface area (Å²) in [5.74, 6) is 1.12. The van der Waals surface area contributed by atoms with Gasteiger partial charge in [0, 0.05) is 29.9 Å². The molecule has 7 rings (SSSR count). The molecule has 0 saturated heterocycles. The van der Waals surface area contributed by atoms with Crippen LogP contribution in [0.4, 0.5) is 5.69 Å². The molecule has 10 nitrogen and oxygen atoms in total. The summed E-state index contributed by atoms with van der Waals surface area (Å²) in [6.45, 7) is 6.23. The molecule has 0 spiro atoms. The van der Waals surface area contributed by atoms with Gasteiger partial charge in [-0.25, -0.2) is 19.9 Å². The van der Waals surface area contributed by atoms with E-state index in [1.54, 1.807) is 12.5 Å². The summed E-state index contributed by atoms with van der Waals surface area (Å²) in [7, 11) is 0. The molecular weight excluding hydrogens is 476 g/mol. The van der Waals surface area contributed by atoms with Crippen molar-refractivity contribution in [2.24, 2.45) is 5.92 Å². The van der Waals surface area contributed by atoms with Crippen LogP contribution in [-0.4, -0.2) is 44.7 Å². The quantitative estimate of drug-likeness (QED) is 0.272. The Bertz CT molecular complexity index is 1800. The van der Waals surface area contributed by atoms with Crippen molar-refractivity contribution in [1.29, 1.82) is 0 Å². The molecule has 188 valence electrons. The molecule has 0 aromatic carbocycles. The largest absolute Gasteiger partial charge is 0.358 e. The van der Waals surface area contributed by atoms with Gasteiger partial charge in [0.15, 0.2) is 17.2 Å². The second-order valence-corrected chi connectivity index (χ2v) is 9.80. The van der Waals surface area contributed by atoms with Crippen LogP contribution in [0.2, 0.25) is 0 Å². The number of aromatic amines is 2. The van der Waals surface area contributed by atoms with Gasteiger partial charge in [0.2, 0.25) is 0 Å². The number of imidazole rings is 2. The molecule has 1 aliphatic rings. The van der Waals surface area contributed by atoms with Crippen LogP contribution in [0.1, 0.15) is 31.4 Å². The van der Waals surface area contributed by atoms with Crippen molar-refractivity contribution in [2.45, 2.75) is 32.6 Å². The van der Waals surface area contributed by atoms with Crippen molar-refractivity contribution in [3.8, 4) is 28.5 Å². The molecule has 0 bridgehead atoms. The molecule has 1 saturated carbocycles. The number of nitrogens with one attached hydrogen (secondary N) is 3. The molecule has 6 heterocycles. The number of H-pyrrole nitrogens is 2. The van der Waals surface area contributed by atoms with E-state index in [1.165, 1.54) is 25.7 Å². The van der Waals surface area contributed by atoms with Crippen molar-refractivity contribution >= 4 is 27.9 Å². The molecule has 0 amide bonds. The highest BCUT2D eigenvalue weighted by Gasteiger charge is 2.19. The van der Waals surface area contributed by atoms with E-state index in [9.17, 15) is 0 Å². The Kier molecular flexibility index (Phi) is 5.24. The van der Waals surface area contributed by atoms with E-state index in [-0.39, 0.29) is 0 Å². The lowest BCUT2D eigenvalue weighted by Crippen LogP contribution is -2.07. The number of allylic oxidation sites excluding steroid dienone is 1. The fourth-order valence-corrected chi connectivity index (χ4v) is 5.21. The van der Waals surface area contributed by atoms with Gasteiger partial charge in [-0.05, 0) is 49.9 Å². The lowest BCUT2D eigenvalue weighted by atomic mass is 10.0. The highest BCUT2D eigenvalue weighted by atomic mass is 15.2. The monoisotopic (exact) mass is 502 g/mol. The molecule has 3 N–H and O–H groups in total. The molecule has 6 aromatic heterocycles. The third-order valence-corrected chi connectivity index (χ3v) is 7.18. The van der Waals surface area contributed by atoms with E-state index in [1.807, 2.05) is 48.3 Å². The van der Waals surface area contributed by atoms with Crippen molar-refractivity contribution in [1.82, 2.24) is 44.7 Å². The summed E-state index contributed by atoms with van der Waals surface area (Å²) in [5.41, 5.74) is 9.10. The van der Waals surface area contributed by atoms with Gasteiger partial charge in [-0.15, -0.1) is 0 Å². The van der Waals surface area contributed by atoms with Crippen molar-refractivity contribution in [2.75, 3.05) is 5.32 Å². The van der Waals surface area contributed by atoms with E-state index < -0.39 is 0 Å². The minimum Gasteiger partial charge on any atom is -0.358 e. The van der Waals surface area contributed by atoms with Gasteiger partial charge in [-0.3, -0.25) is 10.1 Å². The van der Waals surface area contributed by atoms with Gasteiger partial charge >= 0.3 is 0 Å². The van der Waals surface area contributed by atoms with Gasteiger partial charge in [0.25, 0.3) is 0 Å². The van der Waals surface area contributed by atoms with Crippen LogP contribution in [0.15, 0.2) is 67.7 Å². The summed E-state index contributed by atoms with van der Waals surface area (Å²) in [4.78, 5) is 26.3. The molecule has 0 radical (unpaired) electrons. The Balaban J connectivity index is 1.24. The van der Waals surface area contributed by atoms with E-state index in [2.05, 4.69) is 48.1 Å². The van der Waals surface area contributed by atoms with Crippen LogP contribution in [0.25, 0.3) is 50.7 Å². The Hall–Kier alpha value is -4.86. The minimum atomic E-state index is 0.526. The zero-order chi connectivity index (χ0) is 25.6. The SMILES string of the molecule is C=C(Nc1cncc(-c2ccc3[nH]nc(-c4nc5nccc(-n6cnc(C)c6)c5[nH]4)c3n2)c1)C1CCCC1. The summed E-state index contributed by atoms with van der Waals surface area (Å²) in [6.07, 6.45) is 14.1. The molecule has 0 atom stereocenters.